The van der Waals surface area contributed by atoms with Gasteiger partial charge in [0.05, 0.1) is 9.21 Å². The zero-order valence-corrected chi connectivity index (χ0v) is 13.5. The Morgan fingerprint density at radius 3 is 2.74 bits per heavy atom. The monoisotopic (exact) mass is 345 g/mol. The molecular formula is C16H12ClN3O2S. The van der Waals surface area contributed by atoms with Crippen LogP contribution in [0.15, 0.2) is 42.5 Å². The molecule has 0 atom stereocenters. The highest BCUT2D eigenvalue weighted by Crippen LogP contribution is 2.33. The van der Waals surface area contributed by atoms with Gasteiger partial charge in [0, 0.05) is 6.54 Å². The maximum atomic E-state index is 5.94. The molecule has 0 radical (unpaired) electrons. The van der Waals surface area contributed by atoms with Gasteiger partial charge in [-0.25, -0.2) is 0 Å². The summed E-state index contributed by atoms with van der Waals surface area (Å²) < 4.78 is 11.4. The largest absolute Gasteiger partial charge is 0.454 e. The van der Waals surface area contributed by atoms with E-state index < -0.39 is 0 Å². The minimum Gasteiger partial charge on any atom is -0.454 e. The summed E-state index contributed by atoms with van der Waals surface area (Å²) in [6.07, 6.45) is 0. The van der Waals surface area contributed by atoms with E-state index in [4.69, 9.17) is 21.1 Å². The number of ether oxygens (including phenoxy) is 2. The molecule has 0 bridgehead atoms. The normalized spacial score (nSPS) is 12.4. The van der Waals surface area contributed by atoms with Gasteiger partial charge in [0.1, 0.15) is 11.5 Å². The number of halogens is 1. The van der Waals surface area contributed by atoms with E-state index in [0.29, 0.717) is 12.4 Å². The van der Waals surface area contributed by atoms with Crippen molar-refractivity contribution in [2.24, 2.45) is 0 Å². The van der Waals surface area contributed by atoms with E-state index in [1.807, 2.05) is 42.5 Å². The number of nitrogens with zero attached hydrogens (tertiary/aromatic N) is 2. The smallest absolute Gasteiger partial charge is 0.231 e. The predicted octanol–water partition coefficient (Wildman–Crippen LogP) is 4.20. The van der Waals surface area contributed by atoms with Crippen molar-refractivity contribution in [1.29, 1.82) is 0 Å². The fourth-order valence-corrected chi connectivity index (χ4v) is 3.26. The van der Waals surface area contributed by atoms with Gasteiger partial charge >= 0.3 is 0 Å². The third kappa shape index (κ3) is 3.09. The Hall–Kier alpha value is -2.31. The van der Waals surface area contributed by atoms with Crippen molar-refractivity contribution in [2.45, 2.75) is 6.54 Å². The number of benzene rings is 1. The van der Waals surface area contributed by atoms with E-state index in [9.17, 15) is 0 Å². The summed E-state index contributed by atoms with van der Waals surface area (Å²) in [6.45, 7) is 0.918. The molecular weight excluding hydrogens is 334 g/mol. The summed E-state index contributed by atoms with van der Waals surface area (Å²) in [4.78, 5) is 1.00. The molecule has 0 saturated carbocycles. The molecule has 0 fully saturated rings. The van der Waals surface area contributed by atoms with Crippen molar-refractivity contribution in [3.05, 3.63) is 52.4 Å². The number of rotatable bonds is 4. The summed E-state index contributed by atoms with van der Waals surface area (Å²) in [5.41, 5.74) is 1.90. The fourth-order valence-electron chi connectivity index (χ4n) is 2.25. The number of fused-ring (bicyclic) bond motifs is 1. The molecule has 2 aromatic heterocycles. The SMILES string of the molecule is Clc1ccc(-c2ccc(NCc3ccc4c(c3)OCO4)nn2)s1. The summed E-state index contributed by atoms with van der Waals surface area (Å²) >= 11 is 7.42. The summed E-state index contributed by atoms with van der Waals surface area (Å²) in [5, 5.41) is 11.7. The zero-order chi connectivity index (χ0) is 15.6. The van der Waals surface area contributed by atoms with Crippen molar-refractivity contribution < 1.29 is 9.47 Å². The lowest BCUT2D eigenvalue weighted by Crippen LogP contribution is -2.02. The van der Waals surface area contributed by atoms with Crippen LogP contribution in [0.1, 0.15) is 5.56 Å². The van der Waals surface area contributed by atoms with Crippen LogP contribution in [0.2, 0.25) is 4.34 Å². The van der Waals surface area contributed by atoms with E-state index in [0.717, 1.165) is 32.0 Å². The number of thiophene rings is 1. The molecule has 5 nitrogen and oxygen atoms in total. The molecule has 3 heterocycles. The van der Waals surface area contributed by atoms with Gasteiger partial charge in [0.2, 0.25) is 6.79 Å². The summed E-state index contributed by atoms with van der Waals surface area (Å²) in [5.74, 6) is 2.28. The van der Waals surface area contributed by atoms with E-state index in [1.54, 1.807) is 0 Å². The summed E-state index contributed by atoms with van der Waals surface area (Å²) in [6, 6.07) is 13.5. The fraction of sp³-hybridized carbons (Fsp3) is 0.125. The lowest BCUT2D eigenvalue weighted by atomic mass is 10.2. The molecule has 0 aliphatic carbocycles. The quantitative estimate of drug-likeness (QED) is 0.768. The van der Waals surface area contributed by atoms with Crippen LogP contribution in [-0.4, -0.2) is 17.0 Å². The highest BCUT2D eigenvalue weighted by Gasteiger charge is 2.13. The second-order valence-corrected chi connectivity index (χ2v) is 6.66. The van der Waals surface area contributed by atoms with E-state index in [-0.39, 0.29) is 6.79 Å². The van der Waals surface area contributed by atoms with Crippen molar-refractivity contribution in [3.63, 3.8) is 0 Å². The first-order valence-corrected chi connectivity index (χ1v) is 8.19. The first-order valence-electron chi connectivity index (χ1n) is 7.00. The number of anilines is 1. The lowest BCUT2D eigenvalue weighted by Gasteiger charge is -2.06. The molecule has 0 amide bonds. The molecule has 0 saturated heterocycles. The van der Waals surface area contributed by atoms with Crippen LogP contribution in [0, 0.1) is 0 Å². The highest BCUT2D eigenvalue weighted by molar-refractivity contribution is 7.19. The molecule has 1 N–H and O–H groups in total. The van der Waals surface area contributed by atoms with E-state index in [2.05, 4.69) is 15.5 Å². The Bertz CT molecular complexity index is 836. The Labute approximate surface area is 141 Å². The standard InChI is InChI=1S/C16H12ClN3O2S/c17-15-5-4-14(23-15)11-2-6-16(20-19-11)18-8-10-1-3-12-13(7-10)22-9-21-12/h1-7H,8-9H2,(H,18,20). The summed E-state index contributed by atoms with van der Waals surface area (Å²) in [7, 11) is 0. The molecule has 116 valence electrons. The topological polar surface area (TPSA) is 56.3 Å². The lowest BCUT2D eigenvalue weighted by molar-refractivity contribution is 0.174. The van der Waals surface area contributed by atoms with Crippen LogP contribution >= 0.6 is 22.9 Å². The van der Waals surface area contributed by atoms with Crippen LogP contribution in [-0.2, 0) is 6.54 Å². The van der Waals surface area contributed by atoms with Crippen molar-refractivity contribution in [3.8, 4) is 22.1 Å². The molecule has 4 rings (SSSR count). The second kappa shape index (κ2) is 6.06. The number of hydrogen-bond donors (Lipinski definition) is 1. The maximum absolute atomic E-state index is 5.94. The third-order valence-corrected chi connectivity index (χ3v) is 4.65. The molecule has 7 heteroatoms. The van der Waals surface area contributed by atoms with Gasteiger partial charge in [0.15, 0.2) is 11.5 Å². The Morgan fingerprint density at radius 1 is 1.04 bits per heavy atom. The zero-order valence-electron chi connectivity index (χ0n) is 12.0. The van der Waals surface area contributed by atoms with Crippen molar-refractivity contribution in [1.82, 2.24) is 10.2 Å². The first-order chi connectivity index (χ1) is 11.3. The van der Waals surface area contributed by atoms with Crippen molar-refractivity contribution >= 4 is 28.8 Å². The van der Waals surface area contributed by atoms with Crippen LogP contribution in [0.5, 0.6) is 11.5 Å². The Kier molecular flexibility index (Phi) is 3.77. The molecule has 1 aromatic carbocycles. The minimum absolute atomic E-state index is 0.284. The Balaban J connectivity index is 1.43. The Morgan fingerprint density at radius 2 is 1.96 bits per heavy atom. The van der Waals surface area contributed by atoms with Gasteiger partial charge in [0.25, 0.3) is 0 Å². The average Bonchev–Trinajstić information content (AvgIpc) is 3.21. The maximum Gasteiger partial charge on any atom is 0.231 e. The number of nitrogens with one attached hydrogen (secondary N) is 1. The van der Waals surface area contributed by atoms with E-state index >= 15 is 0 Å². The van der Waals surface area contributed by atoms with Crippen LogP contribution < -0.4 is 14.8 Å². The number of hydrogen-bond acceptors (Lipinski definition) is 6. The van der Waals surface area contributed by atoms with Crippen LogP contribution in [0.25, 0.3) is 10.6 Å². The second-order valence-electron chi connectivity index (χ2n) is 4.95. The average molecular weight is 346 g/mol. The van der Waals surface area contributed by atoms with E-state index in [1.165, 1.54) is 11.3 Å². The van der Waals surface area contributed by atoms with Gasteiger partial charge in [-0.2, -0.15) is 0 Å². The number of aromatic nitrogens is 2. The molecule has 3 aromatic rings. The predicted molar refractivity (Wildman–Crippen MR) is 90.2 cm³/mol. The van der Waals surface area contributed by atoms with Gasteiger partial charge < -0.3 is 14.8 Å². The van der Waals surface area contributed by atoms with Gasteiger partial charge in [-0.1, -0.05) is 17.7 Å². The van der Waals surface area contributed by atoms with Crippen LogP contribution in [0.4, 0.5) is 5.82 Å². The molecule has 1 aliphatic heterocycles. The van der Waals surface area contributed by atoms with Gasteiger partial charge in [-0.3, -0.25) is 0 Å². The van der Waals surface area contributed by atoms with Gasteiger partial charge in [-0.05, 0) is 42.0 Å². The first kappa shape index (κ1) is 14.3. The third-order valence-electron chi connectivity index (χ3n) is 3.40. The van der Waals surface area contributed by atoms with Gasteiger partial charge in [-0.15, -0.1) is 21.5 Å². The molecule has 23 heavy (non-hydrogen) atoms. The highest BCUT2D eigenvalue weighted by atomic mass is 35.5. The van der Waals surface area contributed by atoms with Crippen LogP contribution in [0.3, 0.4) is 0 Å². The molecule has 0 spiro atoms. The molecule has 1 aliphatic rings. The molecule has 0 unspecified atom stereocenters. The van der Waals surface area contributed by atoms with Crippen molar-refractivity contribution in [2.75, 3.05) is 12.1 Å². The minimum atomic E-state index is 0.284.